The lowest BCUT2D eigenvalue weighted by atomic mass is 10.2. The Labute approximate surface area is 136 Å². The van der Waals surface area contributed by atoms with E-state index in [2.05, 4.69) is 5.32 Å². The highest BCUT2D eigenvalue weighted by molar-refractivity contribution is 5.89. The lowest BCUT2D eigenvalue weighted by Crippen LogP contribution is -2.36. The molecule has 0 spiro atoms. The third kappa shape index (κ3) is 5.30. The molecule has 0 atom stereocenters. The van der Waals surface area contributed by atoms with Crippen LogP contribution in [0.1, 0.15) is 12.5 Å². The van der Waals surface area contributed by atoms with Gasteiger partial charge in [-0.05, 0) is 24.6 Å². The summed E-state index contributed by atoms with van der Waals surface area (Å²) in [6.07, 6.45) is 0. The quantitative estimate of drug-likeness (QED) is 0.825. The Bertz CT molecular complexity index is 617. The van der Waals surface area contributed by atoms with E-state index in [-0.39, 0.29) is 19.2 Å². The van der Waals surface area contributed by atoms with Crippen LogP contribution in [0.25, 0.3) is 0 Å². The van der Waals surface area contributed by atoms with E-state index < -0.39 is 0 Å². The van der Waals surface area contributed by atoms with Gasteiger partial charge in [0.1, 0.15) is 5.75 Å². The van der Waals surface area contributed by atoms with Crippen LogP contribution in [0.5, 0.6) is 5.75 Å². The minimum absolute atomic E-state index is 0.0841. The highest BCUT2D eigenvalue weighted by Gasteiger charge is 2.14. The largest absolute Gasteiger partial charge is 0.494 e. The summed E-state index contributed by atoms with van der Waals surface area (Å²) in [5, 5.41) is 12.0. The molecule has 0 unspecified atom stereocenters. The summed E-state index contributed by atoms with van der Waals surface area (Å²) in [6, 6.07) is 16.7. The Hall–Kier alpha value is -2.53. The molecule has 0 heterocycles. The first-order valence-electron chi connectivity index (χ1n) is 7.66. The average molecular weight is 314 g/mol. The molecule has 0 radical (unpaired) electrons. The van der Waals surface area contributed by atoms with Crippen molar-refractivity contribution in [2.24, 2.45) is 0 Å². The number of anilines is 1. The standard InChI is InChI=1S/C18H22N2O3/c1-2-23-17-10-6-9-16(13-17)19-18(22)20(11-12-21)14-15-7-4-3-5-8-15/h3-10,13,21H,2,11-12,14H2,1H3,(H,19,22). The van der Waals surface area contributed by atoms with Gasteiger partial charge in [0, 0.05) is 24.8 Å². The Morgan fingerprint density at radius 1 is 1.17 bits per heavy atom. The van der Waals surface area contributed by atoms with Crippen LogP contribution in [0, 0.1) is 0 Å². The second-order valence-electron chi connectivity index (χ2n) is 5.02. The Kier molecular flexibility index (Phi) is 6.44. The zero-order valence-electron chi connectivity index (χ0n) is 13.2. The first kappa shape index (κ1) is 16.8. The van der Waals surface area contributed by atoms with Crippen molar-refractivity contribution in [2.45, 2.75) is 13.5 Å². The molecule has 0 saturated heterocycles. The molecule has 122 valence electrons. The van der Waals surface area contributed by atoms with Crippen molar-refractivity contribution >= 4 is 11.7 Å². The van der Waals surface area contributed by atoms with Crippen molar-refractivity contribution in [1.29, 1.82) is 0 Å². The molecule has 2 amide bonds. The van der Waals surface area contributed by atoms with E-state index in [1.165, 1.54) is 0 Å². The number of carbonyl (C=O) groups is 1. The van der Waals surface area contributed by atoms with Gasteiger partial charge in [-0.15, -0.1) is 0 Å². The molecule has 0 saturated carbocycles. The third-order valence-corrected chi connectivity index (χ3v) is 3.27. The fourth-order valence-corrected chi connectivity index (χ4v) is 2.21. The van der Waals surface area contributed by atoms with E-state index in [9.17, 15) is 9.90 Å². The second-order valence-corrected chi connectivity index (χ2v) is 5.02. The summed E-state index contributed by atoms with van der Waals surface area (Å²) >= 11 is 0. The first-order chi connectivity index (χ1) is 11.2. The molecule has 0 fully saturated rings. The molecular weight excluding hydrogens is 292 g/mol. The van der Waals surface area contributed by atoms with Gasteiger partial charge in [0.05, 0.1) is 13.2 Å². The number of amides is 2. The number of carbonyl (C=O) groups excluding carboxylic acids is 1. The lowest BCUT2D eigenvalue weighted by molar-refractivity contribution is 0.185. The van der Waals surface area contributed by atoms with Crippen LogP contribution in [0.2, 0.25) is 0 Å². The average Bonchev–Trinajstić information content (AvgIpc) is 2.56. The molecule has 23 heavy (non-hydrogen) atoms. The topological polar surface area (TPSA) is 61.8 Å². The van der Waals surface area contributed by atoms with Crippen molar-refractivity contribution in [2.75, 3.05) is 25.1 Å². The van der Waals surface area contributed by atoms with Gasteiger partial charge in [-0.25, -0.2) is 4.79 Å². The zero-order chi connectivity index (χ0) is 16.5. The number of hydrogen-bond donors (Lipinski definition) is 2. The van der Waals surface area contributed by atoms with E-state index in [0.29, 0.717) is 24.6 Å². The maximum Gasteiger partial charge on any atom is 0.322 e. The number of nitrogens with one attached hydrogen (secondary N) is 1. The first-order valence-corrected chi connectivity index (χ1v) is 7.66. The van der Waals surface area contributed by atoms with E-state index in [0.717, 1.165) is 5.56 Å². The summed E-state index contributed by atoms with van der Waals surface area (Å²) < 4.78 is 5.43. The van der Waals surface area contributed by atoms with Crippen LogP contribution < -0.4 is 10.1 Å². The summed E-state index contributed by atoms with van der Waals surface area (Å²) in [7, 11) is 0. The lowest BCUT2D eigenvalue weighted by Gasteiger charge is -2.22. The van der Waals surface area contributed by atoms with E-state index in [1.54, 1.807) is 17.0 Å². The molecule has 0 aliphatic heterocycles. The Morgan fingerprint density at radius 3 is 2.65 bits per heavy atom. The van der Waals surface area contributed by atoms with E-state index in [1.807, 2.05) is 49.4 Å². The van der Waals surface area contributed by atoms with Crippen LogP contribution in [0.15, 0.2) is 54.6 Å². The fraction of sp³-hybridized carbons (Fsp3) is 0.278. The summed E-state index contributed by atoms with van der Waals surface area (Å²) in [5.74, 6) is 0.710. The molecule has 0 bridgehead atoms. The van der Waals surface area contributed by atoms with Gasteiger partial charge in [0.2, 0.25) is 0 Å². The minimum atomic E-state index is -0.253. The van der Waals surface area contributed by atoms with Crippen LogP contribution in [-0.4, -0.2) is 35.8 Å². The van der Waals surface area contributed by atoms with Crippen LogP contribution >= 0.6 is 0 Å². The molecule has 0 aromatic heterocycles. The van der Waals surface area contributed by atoms with Crippen molar-refractivity contribution in [3.05, 3.63) is 60.2 Å². The van der Waals surface area contributed by atoms with Crippen LogP contribution in [0.4, 0.5) is 10.5 Å². The smallest absolute Gasteiger partial charge is 0.322 e. The van der Waals surface area contributed by atoms with Gasteiger partial charge in [0.15, 0.2) is 0 Å². The molecule has 5 heteroatoms. The van der Waals surface area contributed by atoms with Gasteiger partial charge >= 0.3 is 6.03 Å². The van der Waals surface area contributed by atoms with E-state index in [4.69, 9.17) is 4.74 Å². The predicted molar refractivity (Wildman–Crippen MR) is 90.6 cm³/mol. The van der Waals surface area contributed by atoms with Crippen LogP contribution in [-0.2, 0) is 6.54 Å². The molecule has 2 rings (SSSR count). The second kappa shape index (κ2) is 8.80. The predicted octanol–water partition coefficient (Wildman–Crippen LogP) is 3.11. The molecule has 0 aliphatic carbocycles. The van der Waals surface area contributed by atoms with Crippen molar-refractivity contribution in [3.8, 4) is 5.75 Å². The molecule has 0 aliphatic rings. The van der Waals surface area contributed by atoms with Crippen molar-refractivity contribution in [3.63, 3.8) is 0 Å². The number of hydrogen-bond acceptors (Lipinski definition) is 3. The summed E-state index contributed by atoms with van der Waals surface area (Å²) in [5.41, 5.74) is 1.68. The SMILES string of the molecule is CCOc1cccc(NC(=O)N(CCO)Cc2ccccc2)c1. The van der Waals surface area contributed by atoms with E-state index >= 15 is 0 Å². The molecule has 2 N–H and O–H groups in total. The number of ether oxygens (including phenoxy) is 1. The fourth-order valence-electron chi connectivity index (χ4n) is 2.21. The number of benzene rings is 2. The molecule has 2 aromatic rings. The number of rotatable bonds is 7. The number of aliphatic hydroxyl groups is 1. The maximum absolute atomic E-state index is 12.4. The van der Waals surface area contributed by atoms with Gasteiger partial charge in [0.25, 0.3) is 0 Å². The van der Waals surface area contributed by atoms with Gasteiger partial charge in [-0.3, -0.25) is 0 Å². The normalized spacial score (nSPS) is 10.2. The molecular formula is C18H22N2O3. The third-order valence-electron chi connectivity index (χ3n) is 3.27. The zero-order valence-corrected chi connectivity index (χ0v) is 13.2. The number of nitrogens with zero attached hydrogens (tertiary/aromatic N) is 1. The minimum Gasteiger partial charge on any atom is -0.494 e. The monoisotopic (exact) mass is 314 g/mol. The van der Waals surface area contributed by atoms with Crippen molar-refractivity contribution in [1.82, 2.24) is 4.90 Å². The van der Waals surface area contributed by atoms with Crippen LogP contribution in [0.3, 0.4) is 0 Å². The molecule has 2 aromatic carbocycles. The highest BCUT2D eigenvalue weighted by Crippen LogP contribution is 2.18. The van der Waals surface area contributed by atoms with Gasteiger partial charge < -0.3 is 20.1 Å². The van der Waals surface area contributed by atoms with Gasteiger partial charge in [-0.1, -0.05) is 36.4 Å². The summed E-state index contributed by atoms with van der Waals surface area (Å²) in [6.45, 7) is 3.11. The maximum atomic E-state index is 12.4. The Morgan fingerprint density at radius 2 is 1.96 bits per heavy atom. The molecule has 5 nitrogen and oxygen atoms in total. The number of aliphatic hydroxyl groups excluding tert-OH is 1. The van der Waals surface area contributed by atoms with Crippen molar-refractivity contribution < 1.29 is 14.6 Å². The van der Waals surface area contributed by atoms with Gasteiger partial charge in [-0.2, -0.15) is 0 Å². The number of urea groups is 1. The Balaban J connectivity index is 2.04. The highest BCUT2D eigenvalue weighted by atomic mass is 16.5. The summed E-state index contributed by atoms with van der Waals surface area (Å²) in [4.78, 5) is 14.0.